The van der Waals surface area contributed by atoms with Crippen LogP contribution in [0.2, 0.25) is 0 Å². The molecule has 2 rings (SSSR count). The fourth-order valence-electron chi connectivity index (χ4n) is 1.90. The van der Waals surface area contributed by atoms with E-state index in [1.165, 1.54) is 41.3 Å². The molecule has 0 aliphatic rings. The van der Waals surface area contributed by atoms with E-state index in [4.69, 9.17) is 0 Å². The first-order valence-electron chi connectivity index (χ1n) is 5.91. The molecule has 0 amide bonds. The molecule has 0 aliphatic heterocycles. The summed E-state index contributed by atoms with van der Waals surface area (Å²) >= 11 is 0. The molecule has 0 unspecified atom stereocenters. The Morgan fingerprint density at radius 3 is 2.38 bits per heavy atom. The Balaban J connectivity index is 2.53. The second-order valence-corrected chi connectivity index (χ2v) is 4.30. The number of nitro benzene ring substituents is 1. The molecular weight excluding hydrogens is 279 g/mol. The van der Waals surface area contributed by atoms with Crippen molar-refractivity contribution in [1.82, 2.24) is 0 Å². The summed E-state index contributed by atoms with van der Waals surface area (Å²) in [6.07, 6.45) is 0. The highest BCUT2D eigenvalue weighted by Crippen LogP contribution is 2.30. The summed E-state index contributed by atoms with van der Waals surface area (Å²) in [4.78, 5) is 22.9. The molecule has 0 heterocycles. The summed E-state index contributed by atoms with van der Waals surface area (Å²) in [5.74, 6) is -1.63. The summed E-state index contributed by atoms with van der Waals surface area (Å²) in [6, 6.07) is 8.85. The van der Waals surface area contributed by atoms with Crippen molar-refractivity contribution in [3.8, 4) is 0 Å². The van der Waals surface area contributed by atoms with E-state index < -0.39 is 16.7 Å². The molecule has 108 valence electrons. The largest absolute Gasteiger partial charge is 0.478 e. The van der Waals surface area contributed by atoms with Gasteiger partial charge in [0.1, 0.15) is 5.82 Å². The lowest BCUT2D eigenvalue weighted by atomic mass is 10.1. The molecule has 0 saturated carbocycles. The number of benzene rings is 2. The zero-order valence-electron chi connectivity index (χ0n) is 11.0. The highest BCUT2D eigenvalue weighted by molar-refractivity contribution is 5.96. The maximum atomic E-state index is 12.9. The first kappa shape index (κ1) is 14.4. The number of carboxylic acid groups (broad SMARTS) is 1. The van der Waals surface area contributed by atoms with Gasteiger partial charge in [-0.25, -0.2) is 9.18 Å². The summed E-state index contributed by atoms with van der Waals surface area (Å²) < 4.78 is 12.9. The van der Waals surface area contributed by atoms with Gasteiger partial charge >= 0.3 is 5.97 Å². The normalized spacial score (nSPS) is 10.2. The number of carboxylic acids is 1. The number of rotatable bonds is 4. The monoisotopic (exact) mass is 290 g/mol. The van der Waals surface area contributed by atoms with Crippen LogP contribution in [0, 0.1) is 15.9 Å². The lowest BCUT2D eigenvalue weighted by Gasteiger charge is -2.21. The minimum atomic E-state index is -1.20. The Morgan fingerprint density at radius 2 is 1.86 bits per heavy atom. The maximum absolute atomic E-state index is 12.9. The Kier molecular flexibility index (Phi) is 3.84. The smallest absolute Gasteiger partial charge is 0.337 e. The van der Waals surface area contributed by atoms with Gasteiger partial charge in [0.2, 0.25) is 0 Å². The standard InChI is InChI=1S/C14H11FN2O4/c1-16(10-4-2-9(15)3-5-10)13-8-11(17(20)21)6-7-12(13)14(18)19/h2-8H,1H3,(H,18,19). The number of hydrogen-bond acceptors (Lipinski definition) is 4. The van der Waals surface area contributed by atoms with Crippen LogP contribution < -0.4 is 4.90 Å². The molecule has 0 atom stereocenters. The molecule has 0 radical (unpaired) electrons. The predicted molar refractivity (Wildman–Crippen MR) is 74.5 cm³/mol. The first-order chi connectivity index (χ1) is 9.90. The fraction of sp³-hybridized carbons (Fsp3) is 0.0714. The van der Waals surface area contributed by atoms with E-state index >= 15 is 0 Å². The Morgan fingerprint density at radius 1 is 1.24 bits per heavy atom. The molecule has 6 nitrogen and oxygen atoms in total. The van der Waals surface area contributed by atoms with Crippen molar-refractivity contribution in [3.05, 3.63) is 64.0 Å². The van der Waals surface area contributed by atoms with Gasteiger partial charge in [-0.05, 0) is 30.3 Å². The van der Waals surface area contributed by atoms with Gasteiger partial charge in [0.15, 0.2) is 0 Å². The molecule has 0 fully saturated rings. The zero-order chi connectivity index (χ0) is 15.6. The van der Waals surface area contributed by atoms with E-state index in [9.17, 15) is 24.4 Å². The molecule has 0 spiro atoms. The van der Waals surface area contributed by atoms with Crippen LogP contribution in [-0.4, -0.2) is 23.0 Å². The molecule has 21 heavy (non-hydrogen) atoms. The third-order valence-corrected chi connectivity index (χ3v) is 3.00. The number of non-ortho nitro benzene ring substituents is 1. The van der Waals surface area contributed by atoms with Gasteiger partial charge in [-0.15, -0.1) is 0 Å². The molecule has 1 N–H and O–H groups in total. The highest BCUT2D eigenvalue weighted by atomic mass is 19.1. The third kappa shape index (κ3) is 2.97. The third-order valence-electron chi connectivity index (χ3n) is 3.00. The van der Waals surface area contributed by atoms with Gasteiger partial charge in [0, 0.05) is 24.9 Å². The van der Waals surface area contributed by atoms with Gasteiger partial charge in [-0.1, -0.05) is 0 Å². The van der Waals surface area contributed by atoms with Crippen molar-refractivity contribution in [1.29, 1.82) is 0 Å². The molecule has 0 aliphatic carbocycles. The molecule has 0 saturated heterocycles. The molecule has 0 aromatic heterocycles. The van der Waals surface area contributed by atoms with Crippen LogP contribution in [-0.2, 0) is 0 Å². The second kappa shape index (κ2) is 5.58. The van der Waals surface area contributed by atoms with Crippen molar-refractivity contribution in [2.45, 2.75) is 0 Å². The number of halogens is 1. The van der Waals surface area contributed by atoms with Crippen LogP contribution in [0.15, 0.2) is 42.5 Å². The van der Waals surface area contributed by atoms with Crippen LogP contribution in [0.4, 0.5) is 21.5 Å². The molecule has 0 bridgehead atoms. The summed E-state index contributed by atoms with van der Waals surface area (Å²) in [5.41, 5.74) is 0.374. The van der Waals surface area contributed by atoms with E-state index in [1.807, 2.05) is 0 Å². The van der Waals surface area contributed by atoms with Crippen molar-refractivity contribution in [3.63, 3.8) is 0 Å². The number of carbonyl (C=O) groups is 1. The number of aromatic carboxylic acids is 1. The Labute approximate surface area is 119 Å². The second-order valence-electron chi connectivity index (χ2n) is 4.30. The van der Waals surface area contributed by atoms with E-state index in [-0.39, 0.29) is 16.9 Å². The Hall–Kier alpha value is -2.96. The SMILES string of the molecule is CN(c1ccc(F)cc1)c1cc([N+](=O)[O-])ccc1C(=O)O. The molecular formula is C14H11FN2O4. The number of nitro groups is 1. The summed E-state index contributed by atoms with van der Waals surface area (Å²) in [7, 11) is 1.55. The van der Waals surface area contributed by atoms with Crippen molar-refractivity contribution >= 4 is 23.0 Å². The van der Waals surface area contributed by atoms with Crippen LogP contribution in [0.5, 0.6) is 0 Å². The summed E-state index contributed by atoms with van der Waals surface area (Å²) in [5, 5.41) is 20.0. The van der Waals surface area contributed by atoms with Crippen LogP contribution in [0.1, 0.15) is 10.4 Å². The van der Waals surface area contributed by atoms with Gasteiger partial charge in [0.25, 0.3) is 5.69 Å². The average Bonchev–Trinajstić information content (AvgIpc) is 2.46. The van der Waals surface area contributed by atoms with E-state index in [1.54, 1.807) is 7.05 Å². The average molecular weight is 290 g/mol. The molecule has 7 heteroatoms. The van der Waals surface area contributed by atoms with E-state index in [2.05, 4.69) is 0 Å². The quantitative estimate of drug-likeness (QED) is 0.690. The number of hydrogen-bond donors (Lipinski definition) is 1. The fourth-order valence-corrected chi connectivity index (χ4v) is 1.90. The summed E-state index contributed by atoms with van der Waals surface area (Å²) in [6.45, 7) is 0. The van der Waals surface area contributed by atoms with E-state index in [0.717, 1.165) is 6.07 Å². The van der Waals surface area contributed by atoms with Crippen LogP contribution >= 0.6 is 0 Å². The molecule has 2 aromatic carbocycles. The Bertz CT molecular complexity index is 701. The first-order valence-corrected chi connectivity index (χ1v) is 5.91. The zero-order valence-corrected chi connectivity index (χ0v) is 11.0. The van der Waals surface area contributed by atoms with Crippen LogP contribution in [0.25, 0.3) is 0 Å². The predicted octanol–water partition coefficient (Wildman–Crippen LogP) is 3.20. The van der Waals surface area contributed by atoms with Crippen LogP contribution in [0.3, 0.4) is 0 Å². The van der Waals surface area contributed by atoms with Gasteiger partial charge in [0.05, 0.1) is 16.2 Å². The number of anilines is 2. The number of nitrogens with zero attached hydrogens (tertiary/aromatic N) is 2. The molecule has 2 aromatic rings. The van der Waals surface area contributed by atoms with Crippen molar-refractivity contribution in [2.75, 3.05) is 11.9 Å². The minimum Gasteiger partial charge on any atom is -0.478 e. The van der Waals surface area contributed by atoms with Gasteiger partial charge < -0.3 is 10.0 Å². The lowest BCUT2D eigenvalue weighted by molar-refractivity contribution is -0.384. The minimum absolute atomic E-state index is 0.0765. The lowest BCUT2D eigenvalue weighted by Crippen LogP contribution is -2.14. The topological polar surface area (TPSA) is 83.7 Å². The van der Waals surface area contributed by atoms with Gasteiger partial charge in [-0.2, -0.15) is 0 Å². The van der Waals surface area contributed by atoms with Crippen molar-refractivity contribution < 1.29 is 19.2 Å². The highest BCUT2D eigenvalue weighted by Gasteiger charge is 2.19. The van der Waals surface area contributed by atoms with Crippen molar-refractivity contribution in [2.24, 2.45) is 0 Å². The van der Waals surface area contributed by atoms with E-state index in [0.29, 0.717) is 5.69 Å². The maximum Gasteiger partial charge on any atom is 0.337 e. The van der Waals surface area contributed by atoms with Gasteiger partial charge in [-0.3, -0.25) is 10.1 Å².